The van der Waals surface area contributed by atoms with Crippen LogP contribution >= 0.6 is 0 Å². The Labute approximate surface area is 185 Å². The number of aromatic nitrogens is 2. The quantitative estimate of drug-likeness (QED) is 0.438. The standard InChI is InChI=1S/C25H22N4O3/c1-31-16-12-13-20(32-2)17(14-16)23-21(24-26-18-10-6-7-11-19(18)27-24)22(28-25(30)29-23)15-8-4-3-5-9-15/h3-14,23H,1-2H3,(H,26,27)(H2,28,29,30). The molecule has 3 aromatic carbocycles. The van der Waals surface area contributed by atoms with Gasteiger partial charge in [-0.15, -0.1) is 0 Å². The third-order valence-corrected chi connectivity index (χ3v) is 5.53. The molecule has 1 atom stereocenters. The number of fused-ring (bicyclic) bond motifs is 1. The van der Waals surface area contributed by atoms with E-state index in [9.17, 15) is 4.79 Å². The van der Waals surface area contributed by atoms with Crippen molar-refractivity contribution in [1.29, 1.82) is 0 Å². The Morgan fingerprint density at radius 1 is 0.906 bits per heavy atom. The van der Waals surface area contributed by atoms with Gasteiger partial charge in [0.05, 0.1) is 37.0 Å². The zero-order chi connectivity index (χ0) is 22.1. The zero-order valence-electron chi connectivity index (χ0n) is 17.7. The number of benzene rings is 3. The highest BCUT2D eigenvalue weighted by atomic mass is 16.5. The highest BCUT2D eigenvalue weighted by Gasteiger charge is 2.33. The molecule has 32 heavy (non-hydrogen) atoms. The van der Waals surface area contributed by atoms with E-state index < -0.39 is 6.04 Å². The van der Waals surface area contributed by atoms with Gasteiger partial charge in [-0.1, -0.05) is 42.5 Å². The molecule has 2 amide bonds. The largest absolute Gasteiger partial charge is 0.497 e. The summed E-state index contributed by atoms with van der Waals surface area (Å²) in [5.41, 5.74) is 4.89. The topological polar surface area (TPSA) is 88.3 Å². The molecule has 1 aliphatic heterocycles. The minimum Gasteiger partial charge on any atom is -0.497 e. The van der Waals surface area contributed by atoms with Crippen molar-refractivity contribution in [2.24, 2.45) is 0 Å². The van der Waals surface area contributed by atoms with Crippen LogP contribution in [0.2, 0.25) is 0 Å². The van der Waals surface area contributed by atoms with Crippen molar-refractivity contribution in [3.05, 3.63) is 89.7 Å². The van der Waals surface area contributed by atoms with Gasteiger partial charge in [-0.2, -0.15) is 0 Å². The third kappa shape index (κ3) is 3.43. The Bertz CT molecular complexity index is 1290. The molecule has 1 unspecified atom stereocenters. The van der Waals surface area contributed by atoms with Crippen molar-refractivity contribution in [1.82, 2.24) is 20.6 Å². The molecule has 0 saturated heterocycles. The van der Waals surface area contributed by atoms with Crippen molar-refractivity contribution >= 4 is 28.3 Å². The molecule has 2 heterocycles. The summed E-state index contributed by atoms with van der Waals surface area (Å²) in [5.74, 6) is 1.96. The summed E-state index contributed by atoms with van der Waals surface area (Å²) in [5, 5.41) is 6.04. The second kappa shape index (κ2) is 8.11. The SMILES string of the molecule is COc1ccc(OC)c(C2NC(=O)NC(c3ccccc3)=C2c2nc3ccccc3[nH]2)c1. The summed E-state index contributed by atoms with van der Waals surface area (Å²) < 4.78 is 11.1. The van der Waals surface area contributed by atoms with Crippen LogP contribution in [0.5, 0.6) is 11.5 Å². The number of para-hydroxylation sites is 2. The van der Waals surface area contributed by atoms with Gasteiger partial charge in [0.25, 0.3) is 0 Å². The highest BCUT2D eigenvalue weighted by molar-refractivity contribution is 6.03. The predicted octanol–water partition coefficient (Wildman–Crippen LogP) is 4.50. The van der Waals surface area contributed by atoms with E-state index in [0.29, 0.717) is 23.0 Å². The molecule has 0 fully saturated rings. The first-order valence-corrected chi connectivity index (χ1v) is 10.2. The van der Waals surface area contributed by atoms with E-state index in [2.05, 4.69) is 15.6 Å². The Hall–Kier alpha value is -4.26. The number of nitrogens with one attached hydrogen (secondary N) is 3. The maximum Gasteiger partial charge on any atom is 0.320 e. The molecule has 0 bridgehead atoms. The van der Waals surface area contributed by atoms with E-state index >= 15 is 0 Å². The van der Waals surface area contributed by atoms with Crippen molar-refractivity contribution in [3.63, 3.8) is 0 Å². The summed E-state index contributed by atoms with van der Waals surface area (Å²) in [6.07, 6.45) is 0. The number of hydrogen-bond acceptors (Lipinski definition) is 4. The molecule has 3 N–H and O–H groups in total. The van der Waals surface area contributed by atoms with Crippen molar-refractivity contribution in [2.45, 2.75) is 6.04 Å². The summed E-state index contributed by atoms with van der Waals surface area (Å²) in [6, 6.07) is 22.3. The number of hydrogen-bond donors (Lipinski definition) is 3. The van der Waals surface area contributed by atoms with Gasteiger partial charge in [-0.05, 0) is 35.9 Å². The van der Waals surface area contributed by atoms with Crippen LogP contribution in [0.1, 0.15) is 23.0 Å². The van der Waals surface area contributed by atoms with Gasteiger partial charge in [-0.3, -0.25) is 0 Å². The smallest absolute Gasteiger partial charge is 0.320 e. The fourth-order valence-electron chi connectivity index (χ4n) is 4.03. The number of amides is 2. The molecule has 1 aliphatic rings. The molecule has 0 radical (unpaired) electrons. The van der Waals surface area contributed by atoms with Crippen LogP contribution in [0.25, 0.3) is 22.3 Å². The van der Waals surface area contributed by atoms with Crippen LogP contribution in [0.3, 0.4) is 0 Å². The van der Waals surface area contributed by atoms with E-state index in [1.807, 2.05) is 72.8 Å². The monoisotopic (exact) mass is 426 g/mol. The summed E-state index contributed by atoms with van der Waals surface area (Å²) in [4.78, 5) is 21.0. The van der Waals surface area contributed by atoms with Crippen molar-refractivity contribution < 1.29 is 14.3 Å². The van der Waals surface area contributed by atoms with Gasteiger partial charge < -0.3 is 25.1 Å². The molecule has 0 aliphatic carbocycles. The molecule has 160 valence electrons. The van der Waals surface area contributed by atoms with E-state index in [1.54, 1.807) is 14.2 Å². The number of imidazole rings is 1. The minimum atomic E-state index is -0.524. The van der Waals surface area contributed by atoms with Crippen LogP contribution in [0.15, 0.2) is 72.8 Å². The van der Waals surface area contributed by atoms with Gasteiger partial charge in [0.2, 0.25) is 0 Å². The number of aromatic amines is 1. The Morgan fingerprint density at radius 2 is 1.69 bits per heavy atom. The molecular weight excluding hydrogens is 404 g/mol. The number of carbonyl (C=O) groups excluding carboxylic acids is 1. The zero-order valence-corrected chi connectivity index (χ0v) is 17.7. The second-order valence-electron chi connectivity index (χ2n) is 7.40. The summed E-state index contributed by atoms with van der Waals surface area (Å²) >= 11 is 0. The second-order valence-corrected chi connectivity index (χ2v) is 7.40. The molecule has 1 aromatic heterocycles. The number of nitrogens with zero attached hydrogens (tertiary/aromatic N) is 1. The lowest BCUT2D eigenvalue weighted by atomic mass is 9.91. The van der Waals surface area contributed by atoms with Crippen LogP contribution in [-0.2, 0) is 0 Å². The highest BCUT2D eigenvalue weighted by Crippen LogP contribution is 2.41. The molecule has 7 heteroatoms. The summed E-state index contributed by atoms with van der Waals surface area (Å²) in [6.45, 7) is 0. The number of ether oxygens (including phenoxy) is 2. The lowest BCUT2D eigenvalue weighted by Crippen LogP contribution is -2.43. The van der Waals surface area contributed by atoms with Gasteiger partial charge >= 0.3 is 6.03 Å². The first-order valence-electron chi connectivity index (χ1n) is 10.2. The Kier molecular flexibility index (Phi) is 4.99. The average Bonchev–Trinajstić information content (AvgIpc) is 3.27. The molecular formula is C25H22N4O3. The maximum absolute atomic E-state index is 12.8. The molecule has 5 rings (SSSR count). The fraction of sp³-hybridized carbons (Fsp3) is 0.120. The summed E-state index contributed by atoms with van der Waals surface area (Å²) in [7, 11) is 3.22. The lowest BCUT2D eigenvalue weighted by Gasteiger charge is -2.30. The number of urea groups is 1. The molecule has 7 nitrogen and oxygen atoms in total. The van der Waals surface area contributed by atoms with Crippen LogP contribution in [0, 0.1) is 0 Å². The minimum absolute atomic E-state index is 0.307. The Balaban J connectivity index is 1.79. The average molecular weight is 426 g/mol. The van der Waals surface area contributed by atoms with Crippen molar-refractivity contribution in [2.75, 3.05) is 14.2 Å². The van der Waals surface area contributed by atoms with Crippen LogP contribution < -0.4 is 20.1 Å². The first kappa shape index (κ1) is 19.7. The molecule has 0 saturated carbocycles. The maximum atomic E-state index is 12.8. The van der Waals surface area contributed by atoms with Crippen LogP contribution in [-0.4, -0.2) is 30.2 Å². The number of rotatable bonds is 5. The van der Waals surface area contributed by atoms with E-state index in [0.717, 1.165) is 27.7 Å². The van der Waals surface area contributed by atoms with E-state index in [1.165, 1.54) is 0 Å². The van der Waals surface area contributed by atoms with Crippen LogP contribution in [0.4, 0.5) is 4.79 Å². The number of methoxy groups -OCH3 is 2. The van der Waals surface area contributed by atoms with E-state index in [-0.39, 0.29) is 6.03 Å². The van der Waals surface area contributed by atoms with Gasteiger partial charge in [-0.25, -0.2) is 9.78 Å². The van der Waals surface area contributed by atoms with Crippen molar-refractivity contribution in [3.8, 4) is 11.5 Å². The number of H-pyrrole nitrogens is 1. The predicted molar refractivity (Wildman–Crippen MR) is 123 cm³/mol. The number of carbonyl (C=O) groups is 1. The third-order valence-electron chi connectivity index (χ3n) is 5.53. The Morgan fingerprint density at radius 3 is 2.44 bits per heavy atom. The van der Waals surface area contributed by atoms with Gasteiger partial charge in [0, 0.05) is 11.1 Å². The van der Waals surface area contributed by atoms with E-state index in [4.69, 9.17) is 14.5 Å². The molecule has 0 spiro atoms. The first-order chi connectivity index (χ1) is 15.7. The fourth-order valence-corrected chi connectivity index (χ4v) is 4.03. The van der Waals surface area contributed by atoms with Gasteiger partial charge in [0.15, 0.2) is 0 Å². The lowest BCUT2D eigenvalue weighted by molar-refractivity contribution is 0.242. The molecule has 4 aromatic rings. The van der Waals surface area contributed by atoms with Gasteiger partial charge in [0.1, 0.15) is 17.3 Å². The normalized spacial score (nSPS) is 15.9.